The van der Waals surface area contributed by atoms with Gasteiger partial charge in [-0.25, -0.2) is 8.42 Å². The number of nitrogen functional groups attached to an aromatic ring is 1. The normalized spacial score (nSPS) is 20.6. The highest BCUT2D eigenvalue weighted by Gasteiger charge is 2.31. The Morgan fingerprint density at radius 3 is 2.86 bits per heavy atom. The molecule has 1 aliphatic heterocycles. The van der Waals surface area contributed by atoms with Gasteiger partial charge in [-0.3, -0.25) is 0 Å². The van der Waals surface area contributed by atoms with Crippen LogP contribution in [0.4, 0.5) is 5.69 Å². The quantitative estimate of drug-likeness (QED) is 0.843. The summed E-state index contributed by atoms with van der Waals surface area (Å²) >= 11 is 0. The van der Waals surface area contributed by atoms with Crippen molar-refractivity contribution >= 4 is 15.7 Å². The fourth-order valence-electron chi connectivity index (χ4n) is 2.86. The molecule has 0 aromatic heterocycles. The molecule has 0 spiro atoms. The van der Waals surface area contributed by atoms with Crippen LogP contribution in [0.15, 0.2) is 23.1 Å². The predicted octanol–water partition coefficient (Wildman–Crippen LogP) is 1.88. The van der Waals surface area contributed by atoms with Gasteiger partial charge >= 0.3 is 0 Å². The molecule has 1 unspecified atom stereocenters. The van der Waals surface area contributed by atoms with Gasteiger partial charge in [-0.15, -0.1) is 0 Å². The number of sulfonamides is 1. The highest BCUT2D eigenvalue weighted by Crippen LogP contribution is 2.27. The van der Waals surface area contributed by atoms with E-state index in [1.807, 2.05) is 6.92 Å². The molecule has 0 saturated carbocycles. The maximum atomic E-state index is 12.9. The third-order valence-electron chi connectivity index (χ3n) is 3.97. The third kappa shape index (κ3) is 3.56. The molecule has 1 fully saturated rings. The zero-order valence-corrected chi connectivity index (χ0v) is 13.5. The zero-order valence-electron chi connectivity index (χ0n) is 12.7. The summed E-state index contributed by atoms with van der Waals surface area (Å²) in [5.74, 6) is 0.268. The molecule has 1 aromatic rings. The van der Waals surface area contributed by atoms with Crippen LogP contribution in [-0.4, -0.2) is 39.5 Å². The summed E-state index contributed by atoms with van der Waals surface area (Å²) in [5, 5.41) is 0. The Labute approximate surface area is 127 Å². The van der Waals surface area contributed by atoms with Crippen LogP contribution in [0.5, 0.6) is 0 Å². The van der Waals surface area contributed by atoms with Gasteiger partial charge in [-0.05, 0) is 42.9 Å². The average Bonchev–Trinajstić information content (AvgIpc) is 2.48. The molecule has 118 valence electrons. The van der Waals surface area contributed by atoms with Gasteiger partial charge in [0, 0.05) is 25.9 Å². The summed E-state index contributed by atoms with van der Waals surface area (Å²) in [6.07, 6.45) is 2.55. The highest BCUT2D eigenvalue weighted by molar-refractivity contribution is 7.89. The number of ether oxygens (including phenoxy) is 1. The number of nitrogens with two attached hydrogens (primary N) is 1. The molecule has 6 heteroatoms. The fraction of sp³-hybridized carbons (Fsp3) is 0.600. The molecule has 0 radical (unpaired) electrons. The van der Waals surface area contributed by atoms with Gasteiger partial charge in [0.25, 0.3) is 0 Å². The molecule has 1 aliphatic rings. The summed E-state index contributed by atoms with van der Waals surface area (Å²) < 4.78 is 32.5. The maximum Gasteiger partial charge on any atom is 0.243 e. The first-order valence-corrected chi connectivity index (χ1v) is 8.80. The van der Waals surface area contributed by atoms with Crippen molar-refractivity contribution in [2.24, 2.45) is 5.92 Å². The fourth-order valence-corrected chi connectivity index (χ4v) is 4.74. The number of aryl methyl sites for hydroxylation is 1. The largest absolute Gasteiger partial charge is 0.399 e. The highest BCUT2D eigenvalue weighted by atomic mass is 32.2. The standard InChI is InChI=1S/C15H24N2O3S/c1-3-13-6-7-14(16)9-15(13)21(18,19)17-8-4-5-12(10-17)11-20-2/h6-7,9,12H,3-5,8,10-11,16H2,1-2H3. The van der Waals surface area contributed by atoms with E-state index in [4.69, 9.17) is 10.5 Å². The minimum atomic E-state index is -3.48. The van der Waals surface area contributed by atoms with Crippen LogP contribution in [0.2, 0.25) is 0 Å². The summed E-state index contributed by atoms with van der Waals surface area (Å²) in [6.45, 7) is 3.65. The summed E-state index contributed by atoms with van der Waals surface area (Å²) in [5.41, 5.74) is 7.08. The number of methoxy groups -OCH3 is 1. The van der Waals surface area contributed by atoms with E-state index in [1.54, 1.807) is 29.6 Å². The molecule has 0 aliphatic carbocycles. The van der Waals surface area contributed by atoms with Crippen LogP contribution in [0, 0.1) is 5.92 Å². The second-order valence-electron chi connectivity index (χ2n) is 5.55. The van der Waals surface area contributed by atoms with Crippen molar-refractivity contribution in [2.45, 2.75) is 31.1 Å². The lowest BCUT2D eigenvalue weighted by atomic mass is 10.0. The monoisotopic (exact) mass is 312 g/mol. The number of anilines is 1. The molecule has 1 aromatic carbocycles. The summed E-state index contributed by atoms with van der Waals surface area (Å²) in [6, 6.07) is 5.13. The van der Waals surface area contributed by atoms with Crippen molar-refractivity contribution in [1.29, 1.82) is 0 Å². The van der Waals surface area contributed by atoms with Crippen molar-refractivity contribution in [3.63, 3.8) is 0 Å². The summed E-state index contributed by atoms with van der Waals surface area (Å²) in [7, 11) is -1.83. The van der Waals surface area contributed by atoms with Crippen molar-refractivity contribution in [1.82, 2.24) is 4.31 Å². The van der Waals surface area contributed by atoms with Gasteiger partial charge < -0.3 is 10.5 Å². The van der Waals surface area contributed by atoms with Crippen LogP contribution in [0.1, 0.15) is 25.3 Å². The van der Waals surface area contributed by atoms with Crippen LogP contribution >= 0.6 is 0 Å². The van der Waals surface area contributed by atoms with E-state index in [9.17, 15) is 8.42 Å². The Bertz CT molecular complexity index is 585. The van der Waals surface area contributed by atoms with Crippen molar-refractivity contribution < 1.29 is 13.2 Å². The lowest BCUT2D eigenvalue weighted by molar-refractivity contribution is 0.118. The van der Waals surface area contributed by atoms with E-state index in [2.05, 4.69) is 0 Å². The second kappa shape index (κ2) is 6.77. The molecule has 2 rings (SSSR count). The second-order valence-corrected chi connectivity index (χ2v) is 7.45. The lowest BCUT2D eigenvalue weighted by Crippen LogP contribution is -2.41. The number of rotatable bonds is 5. The molecule has 5 nitrogen and oxygen atoms in total. The van der Waals surface area contributed by atoms with Crippen molar-refractivity contribution in [2.75, 3.05) is 32.5 Å². The van der Waals surface area contributed by atoms with Gasteiger partial charge in [0.2, 0.25) is 10.0 Å². The molecule has 1 saturated heterocycles. The van der Waals surface area contributed by atoms with Crippen LogP contribution in [0.25, 0.3) is 0 Å². The van der Waals surface area contributed by atoms with E-state index in [-0.39, 0.29) is 5.92 Å². The number of piperidine rings is 1. The van der Waals surface area contributed by atoms with Gasteiger partial charge in [-0.2, -0.15) is 4.31 Å². The first-order valence-electron chi connectivity index (χ1n) is 7.36. The van der Waals surface area contributed by atoms with Crippen LogP contribution in [-0.2, 0) is 21.2 Å². The molecule has 1 heterocycles. The third-order valence-corrected chi connectivity index (χ3v) is 5.92. The topological polar surface area (TPSA) is 72.6 Å². The van der Waals surface area contributed by atoms with E-state index < -0.39 is 10.0 Å². The van der Waals surface area contributed by atoms with Gasteiger partial charge in [0.05, 0.1) is 11.5 Å². The minimum Gasteiger partial charge on any atom is -0.399 e. The Morgan fingerprint density at radius 2 is 2.19 bits per heavy atom. The van der Waals surface area contributed by atoms with Crippen molar-refractivity contribution in [3.8, 4) is 0 Å². The molecule has 0 bridgehead atoms. The SMILES string of the molecule is CCc1ccc(N)cc1S(=O)(=O)N1CCCC(COC)C1. The Kier molecular flexibility index (Phi) is 5.24. The average molecular weight is 312 g/mol. The van der Waals surface area contributed by atoms with Gasteiger partial charge in [-0.1, -0.05) is 13.0 Å². The number of hydrogen-bond acceptors (Lipinski definition) is 4. The maximum absolute atomic E-state index is 12.9. The molecule has 21 heavy (non-hydrogen) atoms. The Hall–Kier alpha value is -1.11. The zero-order chi connectivity index (χ0) is 15.5. The van der Waals surface area contributed by atoms with Crippen LogP contribution in [0.3, 0.4) is 0 Å². The van der Waals surface area contributed by atoms with E-state index in [1.165, 1.54) is 0 Å². The van der Waals surface area contributed by atoms with E-state index >= 15 is 0 Å². The van der Waals surface area contributed by atoms with E-state index in [0.717, 1.165) is 18.4 Å². The molecule has 2 N–H and O–H groups in total. The molecular weight excluding hydrogens is 288 g/mol. The smallest absolute Gasteiger partial charge is 0.243 e. The predicted molar refractivity (Wildman–Crippen MR) is 83.6 cm³/mol. The van der Waals surface area contributed by atoms with Crippen LogP contribution < -0.4 is 5.73 Å². The van der Waals surface area contributed by atoms with Gasteiger partial charge in [0.15, 0.2) is 0 Å². The molecule has 1 atom stereocenters. The molecular formula is C15H24N2O3S. The number of hydrogen-bond donors (Lipinski definition) is 1. The minimum absolute atomic E-state index is 0.268. The first kappa shape index (κ1) is 16.3. The van der Waals surface area contributed by atoms with Gasteiger partial charge in [0.1, 0.15) is 0 Å². The van der Waals surface area contributed by atoms with Crippen molar-refractivity contribution in [3.05, 3.63) is 23.8 Å². The molecule has 0 amide bonds. The Balaban J connectivity index is 2.31. The summed E-state index contributed by atoms with van der Waals surface area (Å²) in [4.78, 5) is 0.350. The number of benzene rings is 1. The first-order chi connectivity index (χ1) is 9.98. The Morgan fingerprint density at radius 1 is 1.43 bits per heavy atom. The number of nitrogens with zero attached hydrogens (tertiary/aromatic N) is 1. The lowest BCUT2D eigenvalue weighted by Gasteiger charge is -2.32. The van der Waals surface area contributed by atoms with E-state index in [0.29, 0.717) is 36.7 Å².